The lowest BCUT2D eigenvalue weighted by atomic mass is 10.1. The monoisotopic (exact) mass is 262 g/mol. The van der Waals surface area contributed by atoms with Crippen molar-refractivity contribution in [3.8, 4) is 11.5 Å². The molecule has 0 saturated heterocycles. The van der Waals surface area contributed by atoms with Gasteiger partial charge in [-0.1, -0.05) is 6.07 Å². The van der Waals surface area contributed by atoms with E-state index >= 15 is 0 Å². The Hall–Kier alpha value is -2.63. The van der Waals surface area contributed by atoms with Crippen molar-refractivity contribution in [2.24, 2.45) is 0 Å². The summed E-state index contributed by atoms with van der Waals surface area (Å²) < 4.78 is 17.5. The minimum absolute atomic E-state index is 0.0590. The van der Waals surface area contributed by atoms with Crippen molar-refractivity contribution in [1.82, 2.24) is 4.98 Å². The number of methoxy groups -OCH3 is 1. The van der Waals surface area contributed by atoms with Gasteiger partial charge in [0, 0.05) is 0 Å². The predicted octanol–water partition coefficient (Wildman–Crippen LogP) is 2.19. The Balaban J connectivity index is 2.23. The summed E-state index contributed by atoms with van der Waals surface area (Å²) in [4.78, 5) is 15.4. The first-order chi connectivity index (χ1) is 9.11. The lowest BCUT2D eigenvalue weighted by Crippen LogP contribution is -2.12. The average molecular weight is 262 g/mol. The Morgan fingerprint density at radius 1 is 1.37 bits per heavy atom. The fourth-order valence-corrected chi connectivity index (χ4v) is 1.52. The Kier molecular flexibility index (Phi) is 3.61. The molecule has 1 aromatic carbocycles. The van der Waals surface area contributed by atoms with Crippen LogP contribution in [0.1, 0.15) is 10.4 Å². The van der Waals surface area contributed by atoms with Gasteiger partial charge < -0.3 is 15.2 Å². The van der Waals surface area contributed by atoms with E-state index in [1.807, 2.05) is 0 Å². The van der Waals surface area contributed by atoms with E-state index in [0.717, 1.165) is 6.07 Å². The fourth-order valence-electron chi connectivity index (χ4n) is 1.52. The average Bonchev–Trinajstić information content (AvgIpc) is 2.41. The van der Waals surface area contributed by atoms with Crippen LogP contribution in [0.3, 0.4) is 0 Å². The molecule has 0 spiro atoms. The molecule has 0 saturated carbocycles. The van der Waals surface area contributed by atoms with Gasteiger partial charge in [0.25, 0.3) is 5.91 Å². The molecule has 2 rings (SSSR count). The van der Waals surface area contributed by atoms with Crippen LogP contribution in [0, 0.1) is 5.95 Å². The summed E-state index contributed by atoms with van der Waals surface area (Å²) in [5, 5.41) is 12.3. The lowest BCUT2D eigenvalue weighted by Gasteiger charge is -2.09. The molecule has 0 aliphatic heterocycles. The first-order valence-electron chi connectivity index (χ1n) is 5.40. The summed E-state index contributed by atoms with van der Waals surface area (Å²) in [5.41, 5.74) is 0.386. The molecule has 0 atom stereocenters. The maximum absolute atomic E-state index is 12.6. The zero-order valence-corrected chi connectivity index (χ0v) is 10.1. The molecule has 0 bridgehead atoms. The standard InChI is InChI=1S/C13H11FN2O3/c1-19-10-4-2-3-9(12(10)17)13(18)16-8-5-6-11(14)15-7-8/h2-7,17H,1H3,(H,16,18). The number of phenols is 1. The van der Waals surface area contributed by atoms with Gasteiger partial charge in [-0.3, -0.25) is 4.79 Å². The van der Waals surface area contributed by atoms with E-state index < -0.39 is 11.9 Å². The number of nitrogens with one attached hydrogen (secondary N) is 1. The van der Waals surface area contributed by atoms with Gasteiger partial charge in [-0.05, 0) is 24.3 Å². The second kappa shape index (κ2) is 5.34. The Labute approximate surface area is 108 Å². The van der Waals surface area contributed by atoms with Crippen LogP contribution in [0.5, 0.6) is 11.5 Å². The van der Waals surface area contributed by atoms with Crippen molar-refractivity contribution in [1.29, 1.82) is 0 Å². The number of ether oxygens (including phenoxy) is 1. The largest absolute Gasteiger partial charge is 0.504 e. The molecular formula is C13H11FN2O3. The van der Waals surface area contributed by atoms with Crippen LogP contribution in [-0.2, 0) is 0 Å². The molecule has 0 unspecified atom stereocenters. The molecular weight excluding hydrogens is 251 g/mol. The Bertz CT molecular complexity index is 599. The topological polar surface area (TPSA) is 71.5 Å². The number of anilines is 1. The molecule has 0 aliphatic carbocycles. The van der Waals surface area contributed by atoms with Crippen molar-refractivity contribution in [3.63, 3.8) is 0 Å². The molecule has 1 aromatic heterocycles. The maximum Gasteiger partial charge on any atom is 0.259 e. The van der Waals surface area contributed by atoms with Crippen LogP contribution in [0.15, 0.2) is 36.5 Å². The van der Waals surface area contributed by atoms with E-state index in [1.165, 1.54) is 31.5 Å². The van der Waals surface area contributed by atoms with E-state index in [4.69, 9.17) is 4.74 Å². The summed E-state index contributed by atoms with van der Waals surface area (Å²) in [7, 11) is 1.39. The highest BCUT2D eigenvalue weighted by Crippen LogP contribution is 2.29. The zero-order valence-electron chi connectivity index (χ0n) is 10.1. The molecule has 0 aliphatic rings. The van der Waals surface area contributed by atoms with Crippen molar-refractivity contribution in [3.05, 3.63) is 48.0 Å². The number of halogens is 1. The lowest BCUT2D eigenvalue weighted by molar-refractivity contribution is 0.102. The number of benzene rings is 1. The first-order valence-corrected chi connectivity index (χ1v) is 5.40. The first kappa shape index (κ1) is 12.8. The Morgan fingerprint density at radius 2 is 2.16 bits per heavy atom. The molecule has 1 amide bonds. The molecule has 1 heterocycles. The number of nitrogens with zero attached hydrogens (tertiary/aromatic N) is 1. The second-order valence-corrected chi connectivity index (χ2v) is 3.68. The summed E-state index contributed by atoms with van der Waals surface area (Å²) in [6.07, 6.45) is 1.18. The highest BCUT2D eigenvalue weighted by Gasteiger charge is 2.14. The second-order valence-electron chi connectivity index (χ2n) is 3.68. The van der Waals surface area contributed by atoms with Crippen LogP contribution < -0.4 is 10.1 Å². The van der Waals surface area contributed by atoms with E-state index in [2.05, 4.69) is 10.3 Å². The van der Waals surface area contributed by atoms with Gasteiger partial charge >= 0.3 is 0 Å². The van der Waals surface area contributed by atoms with Crippen LogP contribution in [0.2, 0.25) is 0 Å². The van der Waals surface area contributed by atoms with Crippen LogP contribution in [0.4, 0.5) is 10.1 Å². The zero-order chi connectivity index (χ0) is 13.8. The summed E-state index contributed by atoms with van der Waals surface area (Å²) in [6.45, 7) is 0. The fraction of sp³-hybridized carbons (Fsp3) is 0.0769. The number of hydrogen-bond acceptors (Lipinski definition) is 4. The molecule has 6 heteroatoms. The summed E-state index contributed by atoms with van der Waals surface area (Å²) >= 11 is 0. The van der Waals surface area contributed by atoms with Crippen molar-refractivity contribution < 1.29 is 19.0 Å². The van der Waals surface area contributed by atoms with Gasteiger partial charge in [0.1, 0.15) is 0 Å². The third kappa shape index (κ3) is 2.79. The van der Waals surface area contributed by atoms with Gasteiger partial charge in [0.05, 0.1) is 24.6 Å². The molecule has 5 nitrogen and oxygen atoms in total. The van der Waals surface area contributed by atoms with E-state index in [1.54, 1.807) is 6.07 Å². The Morgan fingerprint density at radius 3 is 2.79 bits per heavy atom. The molecule has 98 valence electrons. The molecule has 0 radical (unpaired) electrons. The SMILES string of the molecule is COc1cccc(C(=O)Nc2ccc(F)nc2)c1O. The van der Waals surface area contributed by atoms with Crippen molar-refractivity contribution in [2.45, 2.75) is 0 Å². The van der Waals surface area contributed by atoms with Gasteiger partial charge in [0.2, 0.25) is 5.95 Å². The number of para-hydroxylation sites is 1. The number of hydrogen-bond donors (Lipinski definition) is 2. The number of phenolic OH excluding ortho intramolecular Hbond substituents is 1. The smallest absolute Gasteiger partial charge is 0.259 e. The number of amides is 1. The number of carbonyl (C=O) groups is 1. The van der Waals surface area contributed by atoms with E-state index in [0.29, 0.717) is 5.69 Å². The highest BCUT2D eigenvalue weighted by molar-refractivity contribution is 6.06. The molecule has 0 fully saturated rings. The van der Waals surface area contributed by atoms with Crippen molar-refractivity contribution >= 4 is 11.6 Å². The quantitative estimate of drug-likeness (QED) is 0.832. The number of aromatic hydroxyl groups is 1. The van der Waals surface area contributed by atoms with Crippen molar-refractivity contribution in [2.75, 3.05) is 12.4 Å². The molecule has 2 N–H and O–H groups in total. The van der Waals surface area contributed by atoms with E-state index in [9.17, 15) is 14.3 Å². The third-order valence-electron chi connectivity index (χ3n) is 2.45. The number of pyridine rings is 1. The highest BCUT2D eigenvalue weighted by atomic mass is 19.1. The van der Waals surface area contributed by atoms with E-state index in [-0.39, 0.29) is 17.1 Å². The molecule has 2 aromatic rings. The summed E-state index contributed by atoms with van der Waals surface area (Å²) in [5.74, 6) is -1.23. The number of carbonyl (C=O) groups excluding carboxylic acids is 1. The molecule has 19 heavy (non-hydrogen) atoms. The van der Waals surface area contributed by atoms with Gasteiger partial charge in [-0.2, -0.15) is 4.39 Å². The number of rotatable bonds is 3. The third-order valence-corrected chi connectivity index (χ3v) is 2.45. The summed E-state index contributed by atoms with van der Waals surface area (Å²) in [6, 6.07) is 7.06. The normalized spacial score (nSPS) is 10.0. The van der Waals surface area contributed by atoms with Crippen LogP contribution >= 0.6 is 0 Å². The minimum atomic E-state index is -0.637. The van der Waals surface area contributed by atoms with Gasteiger partial charge in [0.15, 0.2) is 11.5 Å². The number of aromatic nitrogens is 1. The van der Waals surface area contributed by atoms with Crippen LogP contribution in [-0.4, -0.2) is 23.1 Å². The predicted molar refractivity (Wildman–Crippen MR) is 66.8 cm³/mol. The van der Waals surface area contributed by atoms with Gasteiger partial charge in [-0.15, -0.1) is 0 Å². The minimum Gasteiger partial charge on any atom is -0.504 e. The van der Waals surface area contributed by atoms with Gasteiger partial charge in [-0.25, -0.2) is 4.98 Å². The van der Waals surface area contributed by atoms with Crippen LogP contribution in [0.25, 0.3) is 0 Å². The maximum atomic E-state index is 12.6.